The van der Waals surface area contributed by atoms with Crippen molar-refractivity contribution in [2.75, 3.05) is 12.4 Å². The van der Waals surface area contributed by atoms with Gasteiger partial charge in [-0.25, -0.2) is 4.39 Å². The summed E-state index contributed by atoms with van der Waals surface area (Å²) in [5.41, 5.74) is 1.80. The minimum atomic E-state index is -0.603. The molecule has 30 heavy (non-hydrogen) atoms. The van der Waals surface area contributed by atoms with E-state index in [2.05, 4.69) is 5.32 Å². The van der Waals surface area contributed by atoms with Gasteiger partial charge in [0.05, 0.1) is 7.11 Å². The summed E-state index contributed by atoms with van der Waals surface area (Å²) in [5, 5.41) is 12.1. The summed E-state index contributed by atoms with van der Waals surface area (Å²) in [5.74, 6) is 0.0430. The molecule has 0 spiro atoms. The van der Waals surface area contributed by atoms with E-state index >= 15 is 0 Å². The van der Waals surface area contributed by atoms with Gasteiger partial charge in [-0.3, -0.25) is 4.79 Å². The number of methoxy groups -OCH3 is 1. The van der Waals surface area contributed by atoms with Crippen LogP contribution in [-0.4, -0.2) is 13.0 Å². The number of carbonyl (C=O) groups excluding carboxylic acids is 1. The second-order valence-electron chi connectivity index (χ2n) is 6.31. The second kappa shape index (κ2) is 9.89. The van der Waals surface area contributed by atoms with E-state index in [1.807, 2.05) is 36.4 Å². The number of nitriles is 1. The van der Waals surface area contributed by atoms with Crippen molar-refractivity contribution in [3.05, 3.63) is 95.3 Å². The smallest absolute Gasteiger partial charge is 0.266 e. The molecule has 0 saturated carbocycles. The van der Waals surface area contributed by atoms with E-state index in [0.29, 0.717) is 29.4 Å². The number of halogens is 1. The third kappa shape index (κ3) is 5.46. The lowest BCUT2D eigenvalue weighted by atomic mass is 10.1. The zero-order valence-corrected chi connectivity index (χ0v) is 16.3. The van der Waals surface area contributed by atoms with E-state index in [-0.39, 0.29) is 5.57 Å². The third-order valence-electron chi connectivity index (χ3n) is 4.22. The molecule has 1 amide bonds. The average molecular weight is 402 g/mol. The number of hydrogen-bond acceptors (Lipinski definition) is 4. The van der Waals surface area contributed by atoms with E-state index in [4.69, 9.17) is 9.47 Å². The van der Waals surface area contributed by atoms with Crippen molar-refractivity contribution in [2.24, 2.45) is 0 Å². The maximum Gasteiger partial charge on any atom is 0.266 e. The first-order valence-electron chi connectivity index (χ1n) is 9.12. The molecule has 1 N–H and O–H groups in total. The predicted molar refractivity (Wildman–Crippen MR) is 112 cm³/mol. The number of ether oxygens (including phenoxy) is 2. The lowest BCUT2D eigenvalue weighted by molar-refractivity contribution is -0.112. The number of anilines is 1. The van der Waals surface area contributed by atoms with Gasteiger partial charge in [-0.1, -0.05) is 30.3 Å². The maximum atomic E-state index is 13.0. The van der Waals surface area contributed by atoms with Crippen LogP contribution in [0, 0.1) is 17.1 Å². The zero-order valence-electron chi connectivity index (χ0n) is 16.3. The summed E-state index contributed by atoms with van der Waals surface area (Å²) in [7, 11) is 1.54. The first-order valence-corrected chi connectivity index (χ1v) is 9.12. The highest BCUT2D eigenvalue weighted by atomic mass is 19.1. The van der Waals surface area contributed by atoms with Crippen molar-refractivity contribution < 1.29 is 18.7 Å². The molecule has 150 valence electrons. The summed E-state index contributed by atoms with van der Waals surface area (Å²) in [6, 6.07) is 21.9. The minimum Gasteiger partial charge on any atom is -0.497 e. The van der Waals surface area contributed by atoms with Gasteiger partial charge in [0.2, 0.25) is 0 Å². The van der Waals surface area contributed by atoms with Crippen LogP contribution in [0.2, 0.25) is 0 Å². The van der Waals surface area contributed by atoms with Crippen LogP contribution in [-0.2, 0) is 11.4 Å². The van der Waals surface area contributed by atoms with Crippen LogP contribution in [0.1, 0.15) is 11.1 Å². The van der Waals surface area contributed by atoms with Crippen LogP contribution in [0.4, 0.5) is 10.1 Å². The number of carbonyl (C=O) groups is 1. The van der Waals surface area contributed by atoms with Crippen molar-refractivity contribution in [1.29, 1.82) is 5.26 Å². The highest BCUT2D eigenvalue weighted by Gasteiger charge is 2.12. The van der Waals surface area contributed by atoms with Crippen LogP contribution in [0.15, 0.2) is 78.4 Å². The Morgan fingerprint density at radius 3 is 2.50 bits per heavy atom. The minimum absolute atomic E-state index is 0.117. The van der Waals surface area contributed by atoms with Crippen molar-refractivity contribution in [3.63, 3.8) is 0 Å². The van der Waals surface area contributed by atoms with Crippen LogP contribution in [0.5, 0.6) is 11.5 Å². The van der Waals surface area contributed by atoms with Gasteiger partial charge in [0, 0.05) is 17.3 Å². The van der Waals surface area contributed by atoms with E-state index in [0.717, 1.165) is 5.56 Å². The molecule has 0 bridgehead atoms. The van der Waals surface area contributed by atoms with Crippen LogP contribution >= 0.6 is 0 Å². The standard InChI is InChI=1S/C24H19FN2O3/c1-29-22-12-7-18(23(14-22)30-16-17-5-3-2-4-6-17)13-19(15-26)24(28)27-21-10-8-20(25)9-11-21/h2-14H,16H2,1H3,(H,27,28)/b19-13+. The topological polar surface area (TPSA) is 71.3 Å². The summed E-state index contributed by atoms with van der Waals surface area (Å²) < 4.78 is 24.2. The quantitative estimate of drug-likeness (QED) is 0.448. The van der Waals surface area contributed by atoms with Crippen LogP contribution in [0.3, 0.4) is 0 Å². The number of rotatable bonds is 7. The number of hydrogen-bond donors (Lipinski definition) is 1. The Balaban J connectivity index is 1.84. The van der Waals surface area contributed by atoms with Gasteiger partial charge in [0.1, 0.15) is 35.6 Å². The fraction of sp³-hybridized carbons (Fsp3) is 0.0833. The molecule has 0 aliphatic rings. The molecule has 0 unspecified atom stereocenters. The molecule has 0 atom stereocenters. The number of benzene rings is 3. The average Bonchev–Trinajstić information content (AvgIpc) is 2.78. The molecule has 0 aliphatic carbocycles. The molecule has 3 aromatic rings. The maximum absolute atomic E-state index is 13.0. The summed E-state index contributed by atoms with van der Waals surface area (Å²) in [4.78, 5) is 12.5. The fourth-order valence-electron chi connectivity index (χ4n) is 2.66. The van der Waals surface area contributed by atoms with E-state index in [9.17, 15) is 14.4 Å². The van der Waals surface area contributed by atoms with Crippen LogP contribution < -0.4 is 14.8 Å². The molecular formula is C24H19FN2O3. The van der Waals surface area contributed by atoms with Gasteiger partial charge in [0.15, 0.2) is 0 Å². The molecule has 0 aromatic heterocycles. The van der Waals surface area contributed by atoms with Crippen molar-refractivity contribution >= 4 is 17.7 Å². The Morgan fingerprint density at radius 2 is 1.83 bits per heavy atom. The molecule has 5 nitrogen and oxygen atoms in total. The summed E-state index contributed by atoms with van der Waals surface area (Å²) in [6.45, 7) is 0.318. The Morgan fingerprint density at radius 1 is 1.10 bits per heavy atom. The first-order chi connectivity index (χ1) is 14.6. The van der Waals surface area contributed by atoms with E-state index in [1.165, 1.54) is 30.3 Å². The molecule has 0 radical (unpaired) electrons. The molecule has 0 aliphatic heterocycles. The predicted octanol–water partition coefficient (Wildman–Crippen LogP) is 4.96. The molecule has 3 aromatic carbocycles. The Kier molecular flexibility index (Phi) is 6.80. The Bertz CT molecular complexity index is 1090. The Hall–Kier alpha value is -4.11. The van der Waals surface area contributed by atoms with Gasteiger partial charge in [-0.15, -0.1) is 0 Å². The monoisotopic (exact) mass is 402 g/mol. The van der Waals surface area contributed by atoms with Gasteiger partial charge < -0.3 is 14.8 Å². The molecule has 0 fully saturated rings. The van der Waals surface area contributed by atoms with Gasteiger partial charge in [-0.05, 0) is 48.0 Å². The molecule has 0 heterocycles. The molecule has 6 heteroatoms. The largest absolute Gasteiger partial charge is 0.497 e. The highest BCUT2D eigenvalue weighted by molar-refractivity contribution is 6.09. The summed E-state index contributed by atoms with van der Waals surface area (Å²) >= 11 is 0. The normalized spacial score (nSPS) is 10.8. The Labute approximate surface area is 174 Å². The number of nitrogens with one attached hydrogen (secondary N) is 1. The second-order valence-corrected chi connectivity index (χ2v) is 6.31. The zero-order chi connectivity index (χ0) is 21.3. The van der Waals surface area contributed by atoms with Crippen molar-refractivity contribution in [2.45, 2.75) is 6.61 Å². The molecular weight excluding hydrogens is 383 g/mol. The first kappa shape index (κ1) is 20.6. The van der Waals surface area contributed by atoms with E-state index in [1.54, 1.807) is 25.3 Å². The highest BCUT2D eigenvalue weighted by Crippen LogP contribution is 2.28. The van der Waals surface area contributed by atoms with Crippen LogP contribution in [0.25, 0.3) is 6.08 Å². The van der Waals surface area contributed by atoms with Gasteiger partial charge >= 0.3 is 0 Å². The lowest BCUT2D eigenvalue weighted by Crippen LogP contribution is -2.13. The van der Waals surface area contributed by atoms with Crippen molar-refractivity contribution in [1.82, 2.24) is 0 Å². The molecule has 0 saturated heterocycles. The SMILES string of the molecule is COc1ccc(/C=C(\C#N)C(=O)Nc2ccc(F)cc2)c(OCc2ccccc2)c1. The third-order valence-corrected chi connectivity index (χ3v) is 4.22. The molecule has 3 rings (SSSR count). The van der Waals surface area contributed by atoms with Crippen molar-refractivity contribution in [3.8, 4) is 17.6 Å². The summed E-state index contributed by atoms with van der Waals surface area (Å²) in [6.07, 6.45) is 1.44. The fourth-order valence-corrected chi connectivity index (χ4v) is 2.66. The van der Waals surface area contributed by atoms with Gasteiger partial charge in [-0.2, -0.15) is 5.26 Å². The lowest BCUT2D eigenvalue weighted by Gasteiger charge is -2.12. The number of amides is 1. The van der Waals surface area contributed by atoms with Gasteiger partial charge in [0.25, 0.3) is 5.91 Å². The van der Waals surface area contributed by atoms with E-state index < -0.39 is 11.7 Å². The number of nitrogens with zero attached hydrogens (tertiary/aromatic N) is 1.